The van der Waals surface area contributed by atoms with Crippen LogP contribution in [-0.4, -0.2) is 30.1 Å². The zero-order valence-corrected chi connectivity index (χ0v) is 11.9. The summed E-state index contributed by atoms with van der Waals surface area (Å²) in [5.74, 6) is 1.07. The van der Waals surface area contributed by atoms with Crippen molar-refractivity contribution < 1.29 is 4.74 Å². The molecule has 3 rings (SSSR count). The van der Waals surface area contributed by atoms with E-state index < -0.39 is 0 Å². The molecule has 0 saturated carbocycles. The van der Waals surface area contributed by atoms with Gasteiger partial charge in [-0.25, -0.2) is 0 Å². The first-order valence-electron chi connectivity index (χ1n) is 7.13. The second-order valence-corrected chi connectivity index (χ2v) is 5.39. The summed E-state index contributed by atoms with van der Waals surface area (Å²) in [6, 6.07) is 10.7. The first-order chi connectivity index (χ1) is 9.81. The predicted molar refractivity (Wildman–Crippen MR) is 79.9 cm³/mol. The molecule has 0 unspecified atom stereocenters. The van der Waals surface area contributed by atoms with Crippen LogP contribution in [0.4, 0.5) is 0 Å². The van der Waals surface area contributed by atoms with Gasteiger partial charge in [0.15, 0.2) is 0 Å². The molecule has 0 spiro atoms. The number of likely N-dealkylation sites (N-methyl/N-ethyl adjacent to an activating group) is 1. The van der Waals surface area contributed by atoms with E-state index in [9.17, 15) is 0 Å². The van der Waals surface area contributed by atoms with Crippen LogP contribution in [0.1, 0.15) is 16.7 Å². The van der Waals surface area contributed by atoms with E-state index in [-0.39, 0.29) is 0 Å². The molecule has 0 aliphatic carbocycles. The van der Waals surface area contributed by atoms with Gasteiger partial charge < -0.3 is 9.64 Å². The van der Waals surface area contributed by atoms with Gasteiger partial charge in [-0.1, -0.05) is 18.2 Å². The smallest absolute Gasteiger partial charge is 0.122 e. The highest BCUT2D eigenvalue weighted by molar-refractivity contribution is 5.39. The van der Waals surface area contributed by atoms with Crippen molar-refractivity contribution in [1.82, 2.24) is 9.88 Å². The number of pyridine rings is 1. The second kappa shape index (κ2) is 6.06. The molecule has 0 saturated heterocycles. The first kappa shape index (κ1) is 13.1. The summed E-state index contributed by atoms with van der Waals surface area (Å²) in [7, 11) is 2.16. The number of hydrogen-bond donors (Lipinski definition) is 0. The van der Waals surface area contributed by atoms with Crippen molar-refractivity contribution in [1.29, 1.82) is 0 Å². The van der Waals surface area contributed by atoms with Crippen LogP contribution in [0.15, 0.2) is 42.7 Å². The molecule has 1 aromatic carbocycles. The summed E-state index contributed by atoms with van der Waals surface area (Å²) < 4.78 is 5.54. The molecule has 20 heavy (non-hydrogen) atoms. The summed E-state index contributed by atoms with van der Waals surface area (Å²) in [5, 5.41) is 0. The van der Waals surface area contributed by atoms with Crippen LogP contribution in [0, 0.1) is 0 Å². The van der Waals surface area contributed by atoms with Crippen molar-refractivity contribution in [2.45, 2.75) is 19.4 Å². The Morgan fingerprint density at radius 2 is 2.20 bits per heavy atom. The minimum Gasteiger partial charge on any atom is -0.493 e. The second-order valence-electron chi connectivity index (χ2n) is 5.39. The number of ether oxygens (including phenoxy) is 1. The molecule has 3 nitrogen and oxygen atoms in total. The van der Waals surface area contributed by atoms with E-state index in [0.29, 0.717) is 0 Å². The quantitative estimate of drug-likeness (QED) is 0.833. The normalized spacial score (nSPS) is 13.3. The topological polar surface area (TPSA) is 25.4 Å². The van der Waals surface area contributed by atoms with E-state index in [1.54, 1.807) is 0 Å². The molecule has 0 bridgehead atoms. The summed E-state index contributed by atoms with van der Waals surface area (Å²) in [4.78, 5) is 6.49. The summed E-state index contributed by atoms with van der Waals surface area (Å²) in [6.07, 6.45) is 5.87. The lowest BCUT2D eigenvalue weighted by Gasteiger charge is -2.16. The number of benzene rings is 1. The maximum absolute atomic E-state index is 5.54. The van der Waals surface area contributed by atoms with Gasteiger partial charge in [0.25, 0.3) is 0 Å². The SMILES string of the molecule is CN(CCc1ccc2c(c1)CCO2)Cc1cccnc1. The average Bonchev–Trinajstić information content (AvgIpc) is 2.93. The molecule has 0 fully saturated rings. The Morgan fingerprint density at radius 3 is 3.05 bits per heavy atom. The molecule has 1 aliphatic heterocycles. The fraction of sp³-hybridized carbons (Fsp3) is 0.353. The van der Waals surface area contributed by atoms with Gasteiger partial charge in [-0.05, 0) is 42.3 Å². The van der Waals surface area contributed by atoms with Gasteiger partial charge in [-0.3, -0.25) is 4.98 Å². The van der Waals surface area contributed by atoms with E-state index in [1.807, 2.05) is 18.5 Å². The molecule has 0 N–H and O–H groups in total. The van der Waals surface area contributed by atoms with E-state index >= 15 is 0 Å². The van der Waals surface area contributed by atoms with Crippen molar-refractivity contribution in [3.63, 3.8) is 0 Å². The number of hydrogen-bond acceptors (Lipinski definition) is 3. The molecular formula is C17H20N2O. The van der Waals surface area contributed by atoms with Crippen LogP contribution in [-0.2, 0) is 19.4 Å². The van der Waals surface area contributed by atoms with Crippen LogP contribution in [0.2, 0.25) is 0 Å². The molecular weight excluding hydrogens is 248 g/mol. The summed E-state index contributed by atoms with van der Waals surface area (Å²) >= 11 is 0. The maximum Gasteiger partial charge on any atom is 0.122 e. The van der Waals surface area contributed by atoms with Crippen molar-refractivity contribution in [3.05, 3.63) is 59.4 Å². The average molecular weight is 268 g/mol. The van der Waals surface area contributed by atoms with Crippen LogP contribution >= 0.6 is 0 Å². The minimum absolute atomic E-state index is 0.833. The lowest BCUT2D eigenvalue weighted by atomic mass is 10.1. The molecule has 0 amide bonds. The Morgan fingerprint density at radius 1 is 1.25 bits per heavy atom. The Balaban J connectivity index is 1.54. The van der Waals surface area contributed by atoms with Gasteiger partial charge in [0.05, 0.1) is 6.61 Å². The van der Waals surface area contributed by atoms with E-state index in [1.165, 1.54) is 16.7 Å². The number of aromatic nitrogens is 1. The molecule has 1 aromatic heterocycles. The predicted octanol–water partition coefficient (Wildman–Crippen LogP) is 2.69. The Bertz CT molecular complexity index is 568. The zero-order valence-electron chi connectivity index (χ0n) is 11.9. The highest BCUT2D eigenvalue weighted by Crippen LogP contribution is 2.26. The largest absolute Gasteiger partial charge is 0.493 e. The third-order valence-corrected chi connectivity index (χ3v) is 3.71. The molecule has 104 valence electrons. The highest BCUT2D eigenvalue weighted by Gasteiger charge is 2.12. The standard InChI is InChI=1S/C17H20N2O/c1-19(13-15-3-2-8-18-12-15)9-6-14-4-5-17-16(11-14)7-10-20-17/h2-5,8,11-12H,6-7,9-10,13H2,1H3. The van der Waals surface area contributed by atoms with Gasteiger partial charge in [0.2, 0.25) is 0 Å². The molecule has 2 aromatic rings. The van der Waals surface area contributed by atoms with Gasteiger partial charge in [0, 0.05) is 31.9 Å². The fourth-order valence-electron chi connectivity index (χ4n) is 2.60. The summed E-state index contributed by atoms with van der Waals surface area (Å²) in [6.45, 7) is 2.83. The van der Waals surface area contributed by atoms with E-state index in [0.717, 1.165) is 38.3 Å². The highest BCUT2D eigenvalue weighted by atomic mass is 16.5. The molecule has 3 heteroatoms. The number of nitrogens with zero attached hydrogens (tertiary/aromatic N) is 2. The molecule has 1 aliphatic rings. The van der Waals surface area contributed by atoms with E-state index in [4.69, 9.17) is 4.74 Å². The van der Waals surface area contributed by atoms with Gasteiger partial charge in [-0.15, -0.1) is 0 Å². The van der Waals surface area contributed by atoms with Crippen LogP contribution in [0.25, 0.3) is 0 Å². The van der Waals surface area contributed by atoms with Crippen molar-refractivity contribution in [2.75, 3.05) is 20.2 Å². The zero-order chi connectivity index (χ0) is 13.8. The van der Waals surface area contributed by atoms with Gasteiger partial charge in [0.1, 0.15) is 5.75 Å². The number of rotatable bonds is 5. The lowest BCUT2D eigenvalue weighted by molar-refractivity contribution is 0.330. The van der Waals surface area contributed by atoms with Crippen molar-refractivity contribution in [2.24, 2.45) is 0 Å². The maximum atomic E-state index is 5.54. The molecule has 0 atom stereocenters. The number of fused-ring (bicyclic) bond motifs is 1. The van der Waals surface area contributed by atoms with Crippen molar-refractivity contribution >= 4 is 0 Å². The van der Waals surface area contributed by atoms with Gasteiger partial charge in [-0.2, -0.15) is 0 Å². The lowest BCUT2D eigenvalue weighted by Crippen LogP contribution is -2.20. The van der Waals surface area contributed by atoms with Gasteiger partial charge >= 0.3 is 0 Å². The third-order valence-electron chi connectivity index (χ3n) is 3.71. The molecule has 2 heterocycles. The summed E-state index contributed by atoms with van der Waals surface area (Å²) in [5.41, 5.74) is 4.02. The third kappa shape index (κ3) is 3.17. The monoisotopic (exact) mass is 268 g/mol. The fourth-order valence-corrected chi connectivity index (χ4v) is 2.60. The van der Waals surface area contributed by atoms with Crippen LogP contribution in [0.5, 0.6) is 5.75 Å². The van der Waals surface area contributed by atoms with E-state index in [2.05, 4.69) is 41.2 Å². The van der Waals surface area contributed by atoms with Crippen molar-refractivity contribution in [3.8, 4) is 5.75 Å². The Hall–Kier alpha value is -1.87. The molecule has 0 radical (unpaired) electrons. The Kier molecular flexibility index (Phi) is 3.97. The van der Waals surface area contributed by atoms with Crippen LogP contribution < -0.4 is 4.74 Å². The Labute approximate surface area is 120 Å². The van der Waals surface area contributed by atoms with Crippen LogP contribution in [0.3, 0.4) is 0 Å². The minimum atomic E-state index is 0.833. The first-order valence-corrected chi connectivity index (χ1v) is 7.13.